The highest BCUT2D eigenvalue weighted by atomic mass is 16.5. The summed E-state index contributed by atoms with van der Waals surface area (Å²) in [4.78, 5) is 12.2. The van der Waals surface area contributed by atoms with Crippen LogP contribution in [-0.2, 0) is 6.54 Å². The molecule has 0 bridgehead atoms. The van der Waals surface area contributed by atoms with Crippen LogP contribution in [0.2, 0.25) is 0 Å². The van der Waals surface area contributed by atoms with Crippen LogP contribution < -0.4 is 4.74 Å². The summed E-state index contributed by atoms with van der Waals surface area (Å²) < 4.78 is 7.69. The molecule has 0 atom stereocenters. The average molecular weight is 271 g/mol. The number of hydrogen-bond donors (Lipinski definition) is 0. The molecule has 1 aromatic heterocycles. The summed E-state index contributed by atoms with van der Waals surface area (Å²) in [6, 6.07) is 9.67. The molecule has 0 amide bonds. The second-order valence-corrected chi connectivity index (χ2v) is 5.05. The Morgan fingerprint density at radius 1 is 1.15 bits per heavy atom. The molecule has 20 heavy (non-hydrogen) atoms. The lowest BCUT2D eigenvalue weighted by Gasteiger charge is -2.07. The zero-order chi connectivity index (χ0) is 14.7. The van der Waals surface area contributed by atoms with Gasteiger partial charge in [0, 0.05) is 23.5 Å². The molecule has 2 rings (SSSR count). The van der Waals surface area contributed by atoms with Crippen molar-refractivity contribution in [2.45, 2.75) is 34.2 Å². The Hall–Kier alpha value is -2.03. The number of Topliss-reactive ketones (excluding diaryl/α,β-unsaturated/α-hetero) is 1. The van der Waals surface area contributed by atoms with Gasteiger partial charge < -0.3 is 9.30 Å². The number of aromatic nitrogens is 1. The largest absolute Gasteiger partial charge is 0.485 e. The van der Waals surface area contributed by atoms with Crippen molar-refractivity contribution < 1.29 is 9.53 Å². The standard InChI is InChI=1S/C17H21NO2/c1-5-18-13(3)10-16(14(18)4)17(19)11-20-15-8-6-12(2)7-9-15/h6-10H,5,11H2,1-4H3. The normalized spacial score (nSPS) is 10.6. The molecule has 0 N–H and O–H groups in total. The lowest BCUT2D eigenvalue weighted by Crippen LogP contribution is -2.12. The van der Waals surface area contributed by atoms with E-state index in [1.165, 1.54) is 5.56 Å². The van der Waals surface area contributed by atoms with Crippen LogP contribution in [0, 0.1) is 20.8 Å². The van der Waals surface area contributed by atoms with Gasteiger partial charge in [0.25, 0.3) is 0 Å². The second kappa shape index (κ2) is 5.95. The molecular formula is C17H21NO2. The van der Waals surface area contributed by atoms with Crippen LogP contribution in [0.5, 0.6) is 5.75 Å². The summed E-state index contributed by atoms with van der Waals surface area (Å²) >= 11 is 0. The minimum atomic E-state index is 0.0263. The van der Waals surface area contributed by atoms with Crippen molar-refractivity contribution in [3.63, 3.8) is 0 Å². The Morgan fingerprint density at radius 2 is 1.80 bits per heavy atom. The zero-order valence-electron chi connectivity index (χ0n) is 12.6. The van der Waals surface area contributed by atoms with Gasteiger partial charge in [-0.3, -0.25) is 4.79 Å². The third-order valence-corrected chi connectivity index (χ3v) is 3.58. The van der Waals surface area contributed by atoms with Gasteiger partial charge in [0.05, 0.1) is 0 Å². The summed E-state index contributed by atoms with van der Waals surface area (Å²) in [5, 5.41) is 0. The lowest BCUT2D eigenvalue weighted by atomic mass is 10.1. The van der Waals surface area contributed by atoms with E-state index in [1.54, 1.807) is 0 Å². The summed E-state index contributed by atoms with van der Waals surface area (Å²) in [6.07, 6.45) is 0. The van der Waals surface area contributed by atoms with Crippen molar-refractivity contribution in [3.8, 4) is 5.75 Å². The number of aryl methyl sites for hydroxylation is 2. The van der Waals surface area contributed by atoms with E-state index in [0.717, 1.165) is 29.2 Å². The highest BCUT2D eigenvalue weighted by Gasteiger charge is 2.15. The highest BCUT2D eigenvalue weighted by molar-refractivity contribution is 5.98. The van der Waals surface area contributed by atoms with Crippen LogP contribution in [0.1, 0.15) is 34.2 Å². The maximum Gasteiger partial charge on any atom is 0.202 e. The van der Waals surface area contributed by atoms with Gasteiger partial charge in [0.1, 0.15) is 5.75 Å². The van der Waals surface area contributed by atoms with Gasteiger partial charge >= 0.3 is 0 Å². The zero-order valence-corrected chi connectivity index (χ0v) is 12.6. The number of carbonyl (C=O) groups excluding carboxylic acids is 1. The topological polar surface area (TPSA) is 31.2 Å². The first-order valence-electron chi connectivity index (χ1n) is 6.92. The molecular weight excluding hydrogens is 250 g/mol. The molecule has 3 nitrogen and oxygen atoms in total. The predicted octanol–water partition coefficient (Wildman–Crippen LogP) is 3.69. The molecule has 0 unspecified atom stereocenters. The summed E-state index contributed by atoms with van der Waals surface area (Å²) in [5.74, 6) is 0.756. The minimum Gasteiger partial charge on any atom is -0.485 e. The molecule has 0 fully saturated rings. The first-order valence-corrected chi connectivity index (χ1v) is 6.92. The fourth-order valence-corrected chi connectivity index (χ4v) is 2.43. The van der Waals surface area contributed by atoms with E-state index < -0.39 is 0 Å². The van der Waals surface area contributed by atoms with Crippen LogP contribution in [0.3, 0.4) is 0 Å². The van der Waals surface area contributed by atoms with E-state index in [-0.39, 0.29) is 12.4 Å². The lowest BCUT2D eigenvalue weighted by molar-refractivity contribution is 0.0921. The Bertz CT molecular complexity index is 609. The number of nitrogens with zero attached hydrogens (tertiary/aromatic N) is 1. The molecule has 106 valence electrons. The molecule has 0 saturated carbocycles. The Kier molecular flexibility index (Phi) is 4.28. The van der Waals surface area contributed by atoms with Crippen LogP contribution in [0.4, 0.5) is 0 Å². The molecule has 0 aliphatic heterocycles. The molecule has 0 spiro atoms. The highest BCUT2D eigenvalue weighted by Crippen LogP contribution is 2.17. The molecule has 1 aromatic carbocycles. The number of hydrogen-bond acceptors (Lipinski definition) is 2. The van der Waals surface area contributed by atoms with Crippen molar-refractivity contribution in [2.24, 2.45) is 0 Å². The second-order valence-electron chi connectivity index (χ2n) is 5.05. The molecule has 0 radical (unpaired) electrons. The van der Waals surface area contributed by atoms with Crippen LogP contribution >= 0.6 is 0 Å². The molecule has 2 aromatic rings. The van der Waals surface area contributed by atoms with Crippen LogP contribution in [0.15, 0.2) is 30.3 Å². The van der Waals surface area contributed by atoms with Crippen LogP contribution in [-0.4, -0.2) is 17.0 Å². The maximum absolute atomic E-state index is 12.2. The number of rotatable bonds is 5. The third kappa shape index (κ3) is 2.93. The van der Waals surface area contributed by atoms with Gasteiger partial charge in [-0.25, -0.2) is 0 Å². The van der Waals surface area contributed by atoms with E-state index in [1.807, 2.05) is 51.1 Å². The fourth-order valence-electron chi connectivity index (χ4n) is 2.43. The first kappa shape index (κ1) is 14.4. The monoisotopic (exact) mass is 271 g/mol. The van der Waals surface area contributed by atoms with Crippen molar-refractivity contribution >= 4 is 5.78 Å². The van der Waals surface area contributed by atoms with Gasteiger partial charge in [-0.2, -0.15) is 0 Å². The molecule has 1 heterocycles. The molecule has 0 aliphatic carbocycles. The summed E-state index contributed by atoms with van der Waals surface area (Å²) in [6.45, 7) is 9.07. The van der Waals surface area contributed by atoms with E-state index in [9.17, 15) is 4.79 Å². The van der Waals surface area contributed by atoms with Gasteiger partial charge in [-0.15, -0.1) is 0 Å². The van der Waals surface area contributed by atoms with E-state index in [0.29, 0.717) is 0 Å². The first-order chi connectivity index (χ1) is 9.52. The van der Waals surface area contributed by atoms with Gasteiger partial charge in [0.15, 0.2) is 6.61 Å². The van der Waals surface area contributed by atoms with Crippen molar-refractivity contribution in [1.82, 2.24) is 4.57 Å². The van der Waals surface area contributed by atoms with Gasteiger partial charge in [-0.05, 0) is 45.9 Å². The quantitative estimate of drug-likeness (QED) is 0.776. The number of ketones is 1. The van der Waals surface area contributed by atoms with E-state index >= 15 is 0 Å². The summed E-state index contributed by atoms with van der Waals surface area (Å²) in [7, 11) is 0. The Balaban J connectivity index is 2.07. The number of carbonyl (C=O) groups is 1. The SMILES string of the molecule is CCn1c(C)cc(C(=O)COc2ccc(C)cc2)c1C. The Labute approximate surface area is 120 Å². The number of benzene rings is 1. The fraction of sp³-hybridized carbons (Fsp3) is 0.353. The third-order valence-electron chi connectivity index (χ3n) is 3.58. The predicted molar refractivity (Wildman–Crippen MR) is 80.6 cm³/mol. The molecule has 0 aliphatic rings. The minimum absolute atomic E-state index is 0.0263. The van der Waals surface area contributed by atoms with Gasteiger partial charge in [0.2, 0.25) is 5.78 Å². The summed E-state index contributed by atoms with van der Waals surface area (Å²) in [5.41, 5.74) is 4.07. The average Bonchev–Trinajstić information content (AvgIpc) is 2.72. The Morgan fingerprint density at radius 3 is 2.35 bits per heavy atom. The van der Waals surface area contributed by atoms with Crippen molar-refractivity contribution in [1.29, 1.82) is 0 Å². The van der Waals surface area contributed by atoms with Gasteiger partial charge in [-0.1, -0.05) is 17.7 Å². The maximum atomic E-state index is 12.2. The molecule has 0 saturated heterocycles. The van der Waals surface area contributed by atoms with Crippen LogP contribution in [0.25, 0.3) is 0 Å². The van der Waals surface area contributed by atoms with E-state index in [4.69, 9.17) is 4.74 Å². The van der Waals surface area contributed by atoms with Crippen molar-refractivity contribution in [2.75, 3.05) is 6.61 Å². The van der Waals surface area contributed by atoms with E-state index in [2.05, 4.69) is 11.5 Å². The number of ether oxygens (including phenoxy) is 1. The smallest absolute Gasteiger partial charge is 0.202 e. The van der Waals surface area contributed by atoms with Crippen molar-refractivity contribution in [3.05, 3.63) is 52.8 Å². The molecule has 3 heteroatoms.